The number of carboxylic acids is 1. The van der Waals surface area contributed by atoms with E-state index in [-0.39, 0.29) is 23.4 Å². The Morgan fingerprint density at radius 3 is 2.50 bits per heavy atom. The maximum Gasteiger partial charge on any atom is 0.335 e. The van der Waals surface area contributed by atoms with Crippen molar-refractivity contribution in [2.24, 2.45) is 0 Å². The van der Waals surface area contributed by atoms with Crippen LogP contribution in [0, 0.1) is 12.7 Å². The number of aryl methyl sites for hydroxylation is 1. The molecule has 0 saturated heterocycles. The van der Waals surface area contributed by atoms with Gasteiger partial charge >= 0.3 is 5.97 Å². The summed E-state index contributed by atoms with van der Waals surface area (Å²) < 4.78 is 21.4. The third kappa shape index (κ3) is 2.98. The number of aromatic hydroxyl groups is 1. The molecule has 6 heteroatoms. The van der Waals surface area contributed by atoms with Crippen molar-refractivity contribution in [2.45, 2.75) is 51.0 Å². The molecule has 1 saturated carbocycles. The number of aliphatic carboxylic acids is 1. The minimum atomic E-state index is -1.17. The van der Waals surface area contributed by atoms with E-state index in [1.807, 2.05) is 12.1 Å². The number of ether oxygens (including phenoxy) is 1. The quantitative estimate of drug-likeness (QED) is 0.601. The number of carboxylic acid groups (broad SMARTS) is 1. The van der Waals surface area contributed by atoms with Gasteiger partial charge in [-0.05, 0) is 79.1 Å². The second kappa shape index (κ2) is 7.13. The van der Waals surface area contributed by atoms with Crippen LogP contribution in [-0.2, 0) is 9.53 Å². The summed E-state index contributed by atoms with van der Waals surface area (Å²) in [7, 11) is 1.43. The average molecular weight is 411 g/mol. The zero-order chi connectivity index (χ0) is 21.8. The van der Waals surface area contributed by atoms with Gasteiger partial charge in [0, 0.05) is 23.9 Å². The number of aromatic nitrogens is 1. The molecule has 1 aliphatic rings. The Labute approximate surface area is 174 Å². The molecule has 30 heavy (non-hydrogen) atoms. The number of hydrogen-bond donors (Lipinski definition) is 2. The molecular weight excluding hydrogens is 385 g/mol. The van der Waals surface area contributed by atoms with Crippen molar-refractivity contribution in [3.8, 4) is 11.4 Å². The maximum atomic E-state index is 13.9. The SMILES string of the molecule is CO[C@]1(C(=O)O)C[C@@H](c2c(C(C)C)n(-c3ccc(F)c(C)c3)c3ccc(O)cc32)C1. The van der Waals surface area contributed by atoms with Crippen LogP contribution in [0.25, 0.3) is 16.6 Å². The molecule has 5 nitrogen and oxygen atoms in total. The van der Waals surface area contributed by atoms with Crippen molar-refractivity contribution in [3.05, 3.63) is 59.0 Å². The van der Waals surface area contributed by atoms with Crippen LogP contribution in [0.5, 0.6) is 5.75 Å². The van der Waals surface area contributed by atoms with Gasteiger partial charge in [0.25, 0.3) is 0 Å². The van der Waals surface area contributed by atoms with E-state index in [1.54, 1.807) is 25.1 Å². The van der Waals surface area contributed by atoms with Crippen molar-refractivity contribution < 1.29 is 24.1 Å². The summed E-state index contributed by atoms with van der Waals surface area (Å²) in [6.07, 6.45) is 0.742. The zero-order valence-corrected chi connectivity index (χ0v) is 17.6. The van der Waals surface area contributed by atoms with Crippen molar-refractivity contribution in [3.63, 3.8) is 0 Å². The van der Waals surface area contributed by atoms with Gasteiger partial charge in [-0.25, -0.2) is 9.18 Å². The fraction of sp³-hybridized carbons (Fsp3) is 0.375. The fourth-order valence-corrected chi connectivity index (χ4v) is 4.74. The highest BCUT2D eigenvalue weighted by Crippen LogP contribution is 2.52. The smallest absolute Gasteiger partial charge is 0.335 e. The second-order valence-corrected chi connectivity index (χ2v) is 8.53. The highest BCUT2D eigenvalue weighted by molar-refractivity contribution is 5.90. The molecule has 1 aromatic heterocycles. The number of rotatable bonds is 5. The monoisotopic (exact) mass is 411 g/mol. The van der Waals surface area contributed by atoms with Crippen molar-refractivity contribution in [1.82, 2.24) is 4.57 Å². The van der Waals surface area contributed by atoms with E-state index < -0.39 is 11.6 Å². The second-order valence-electron chi connectivity index (χ2n) is 8.53. The number of hydrogen-bond acceptors (Lipinski definition) is 3. The van der Waals surface area contributed by atoms with Crippen LogP contribution < -0.4 is 0 Å². The molecule has 1 fully saturated rings. The third-order valence-corrected chi connectivity index (χ3v) is 6.32. The number of phenols is 1. The van der Waals surface area contributed by atoms with Crippen molar-refractivity contribution in [1.29, 1.82) is 0 Å². The number of halogens is 1. The molecule has 0 unspecified atom stereocenters. The van der Waals surface area contributed by atoms with E-state index in [2.05, 4.69) is 18.4 Å². The lowest BCUT2D eigenvalue weighted by molar-refractivity contribution is -0.175. The van der Waals surface area contributed by atoms with E-state index in [0.717, 1.165) is 27.8 Å². The lowest BCUT2D eigenvalue weighted by atomic mass is 9.66. The largest absolute Gasteiger partial charge is 0.508 e. The Morgan fingerprint density at radius 1 is 1.23 bits per heavy atom. The molecule has 0 amide bonds. The van der Waals surface area contributed by atoms with Crippen LogP contribution >= 0.6 is 0 Å². The molecule has 1 heterocycles. The summed E-state index contributed by atoms with van der Waals surface area (Å²) in [5.74, 6) is -0.938. The van der Waals surface area contributed by atoms with Crippen LogP contribution in [-0.4, -0.2) is 33.5 Å². The van der Waals surface area contributed by atoms with Gasteiger partial charge in [-0.3, -0.25) is 0 Å². The first-order chi connectivity index (χ1) is 14.2. The molecule has 0 aliphatic heterocycles. The van der Waals surface area contributed by atoms with E-state index in [1.165, 1.54) is 13.2 Å². The van der Waals surface area contributed by atoms with Crippen molar-refractivity contribution >= 4 is 16.9 Å². The highest BCUT2D eigenvalue weighted by atomic mass is 19.1. The van der Waals surface area contributed by atoms with E-state index in [0.29, 0.717) is 18.4 Å². The molecule has 0 bridgehead atoms. The zero-order valence-electron chi connectivity index (χ0n) is 17.6. The average Bonchev–Trinajstić information content (AvgIpc) is 2.98. The summed E-state index contributed by atoms with van der Waals surface area (Å²) in [5.41, 5.74) is 3.21. The molecule has 0 radical (unpaired) electrons. The Kier molecular flexibility index (Phi) is 4.85. The molecular formula is C24H26FNO4. The van der Waals surface area contributed by atoms with E-state index >= 15 is 0 Å². The first-order valence-electron chi connectivity index (χ1n) is 10.1. The highest BCUT2D eigenvalue weighted by Gasteiger charge is 2.52. The minimum Gasteiger partial charge on any atom is -0.508 e. The minimum absolute atomic E-state index is 0.00875. The topological polar surface area (TPSA) is 71.7 Å². The predicted octanol–water partition coefficient (Wildman–Crippen LogP) is 5.25. The molecule has 2 N–H and O–H groups in total. The molecule has 2 aromatic carbocycles. The number of benzene rings is 2. The molecule has 1 aliphatic carbocycles. The van der Waals surface area contributed by atoms with Gasteiger partial charge in [-0.1, -0.05) is 13.8 Å². The number of carbonyl (C=O) groups is 1. The molecule has 4 rings (SSSR count). The Balaban J connectivity index is 1.97. The van der Waals surface area contributed by atoms with Gasteiger partial charge < -0.3 is 19.5 Å². The van der Waals surface area contributed by atoms with Crippen LogP contribution in [0.3, 0.4) is 0 Å². The fourth-order valence-electron chi connectivity index (χ4n) is 4.74. The summed E-state index contributed by atoms with van der Waals surface area (Å²) in [5, 5.41) is 20.7. The van der Waals surface area contributed by atoms with Crippen LogP contribution in [0.15, 0.2) is 36.4 Å². The van der Waals surface area contributed by atoms with Crippen LogP contribution in [0.4, 0.5) is 4.39 Å². The summed E-state index contributed by atoms with van der Waals surface area (Å²) in [6.45, 7) is 5.91. The summed E-state index contributed by atoms with van der Waals surface area (Å²) in [6, 6.07) is 10.3. The lowest BCUT2D eigenvalue weighted by Crippen LogP contribution is -2.51. The first-order valence-corrected chi connectivity index (χ1v) is 10.1. The van der Waals surface area contributed by atoms with Gasteiger partial charge in [-0.15, -0.1) is 0 Å². The Morgan fingerprint density at radius 2 is 1.93 bits per heavy atom. The predicted molar refractivity (Wildman–Crippen MR) is 113 cm³/mol. The van der Waals surface area contributed by atoms with Crippen LogP contribution in [0.1, 0.15) is 55.3 Å². The molecule has 3 aromatic rings. The molecule has 0 spiro atoms. The van der Waals surface area contributed by atoms with Crippen LogP contribution in [0.2, 0.25) is 0 Å². The lowest BCUT2D eigenvalue weighted by Gasteiger charge is -2.43. The Hall–Kier alpha value is -2.86. The number of nitrogens with zero attached hydrogens (tertiary/aromatic N) is 1. The van der Waals surface area contributed by atoms with Gasteiger partial charge in [-0.2, -0.15) is 0 Å². The molecule has 0 atom stereocenters. The van der Waals surface area contributed by atoms with E-state index in [4.69, 9.17) is 4.74 Å². The Bertz CT molecular complexity index is 1140. The first kappa shape index (κ1) is 20.4. The molecule has 158 valence electrons. The van der Waals surface area contributed by atoms with Crippen molar-refractivity contribution in [2.75, 3.05) is 7.11 Å². The third-order valence-electron chi connectivity index (χ3n) is 6.32. The van der Waals surface area contributed by atoms with Gasteiger partial charge in [0.05, 0.1) is 5.52 Å². The standard InChI is InChI=1S/C24H26FNO4/c1-13(2)22-21(15-11-24(12-15,30-4)23(28)29)18-10-17(27)6-8-20(18)26(22)16-5-7-19(25)14(3)9-16/h5-10,13,15,27H,11-12H2,1-4H3,(H,28,29)/t15-,24-. The van der Waals surface area contributed by atoms with Gasteiger partial charge in [0.1, 0.15) is 11.6 Å². The van der Waals surface area contributed by atoms with Gasteiger partial charge in [0.15, 0.2) is 5.60 Å². The van der Waals surface area contributed by atoms with E-state index in [9.17, 15) is 19.4 Å². The normalized spacial score (nSPS) is 21.2. The number of methoxy groups -OCH3 is 1. The number of fused-ring (bicyclic) bond motifs is 1. The van der Waals surface area contributed by atoms with Gasteiger partial charge in [0.2, 0.25) is 0 Å². The number of phenolic OH excluding ortho intramolecular Hbond substituents is 1. The summed E-state index contributed by atoms with van der Waals surface area (Å²) >= 11 is 0. The maximum absolute atomic E-state index is 13.9. The summed E-state index contributed by atoms with van der Waals surface area (Å²) in [4.78, 5) is 11.7.